The number of rotatable bonds is 8. The number of carbonyl (C=O) groups excluding carboxylic acids is 1. The third kappa shape index (κ3) is 5.01. The third-order valence-electron chi connectivity index (χ3n) is 4.26. The van der Waals surface area contributed by atoms with Gasteiger partial charge in [-0.1, -0.05) is 24.3 Å². The van der Waals surface area contributed by atoms with E-state index in [4.69, 9.17) is 4.42 Å². The number of hydrogen-bond donors (Lipinski definition) is 2. The average Bonchev–Trinajstić information content (AvgIpc) is 3.20. The molecule has 28 heavy (non-hydrogen) atoms. The van der Waals surface area contributed by atoms with E-state index in [1.165, 1.54) is 12.1 Å². The second-order valence-corrected chi connectivity index (χ2v) is 8.07. The molecule has 0 saturated carbocycles. The number of aryl methyl sites for hydroxylation is 2. The molecule has 0 aliphatic rings. The fourth-order valence-corrected chi connectivity index (χ4v) is 3.89. The normalized spacial score (nSPS) is 11.2. The first kappa shape index (κ1) is 19.7. The topological polar surface area (TPSA) is 88.4 Å². The third-order valence-corrected chi connectivity index (χ3v) is 5.62. The molecule has 0 aliphatic heterocycles. The van der Waals surface area contributed by atoms with Crippen LogP contribution in [0.5, 0.6) is 0 Å². The van der Waals surface area contributed by atoms with Crippen molar-refractivity contribution in [1.82, 2.24) is 5.32 Å². The fraction of sp³-hybridized carbons (Fsp3) is 0.190. The van der Waals surface area contributed by atoms with Crippen LogP contribution in [0.3, 0.4) is 0 Å². The summed E-state index contributed by atoms with van der Waals surface area (Å²) in [6.45, 7) is 2.29. The zero-order valence-electron chi connectivity index (χ0n) is 15.5. The van der Waals surface area contributed by atoms with Gasteiger partial charge in [0.05, 0.1) is 16.8 Å². The van der Waals surface area contributed by atoms with Crippen molar-refractivity contribution >= 4 is 21.6 Å². The predicted molar refractivity (Wildman–Crippen MR) is 108 cm³/mol. The fourth-order valence-electron chi connectivity index (χ4n) is 2.72. The highest BCUT2D eigenvalue weighted by Gasteiger charge is 2.17. The molecule has 2 aromatic carbocycles. The zero-order valence-corrected chi connectivity index (χ0v) is 16.3. The molecular weight excluding hydrogens is 376 g/mol. The van der Waals surface area contributed by atoms with E-state index in [0.717, 1.165) is 24.2 Å². The Hall–Kier alpha value is -3.06. The minimum atomic E-state index is -3.79. The van der Waals surface area contributed by atoms with Crippen molar-refractivity contribution in [2.24, 2.45) is 0 Å². The van der Waals surface area contributed by atoms with Crippen LogP contribution in [0.2, 0.25) is 0 Å². The SMILES string of the molecule is Cc1ccccc1NS(=O)(=O)c1cccc(C(=O)NCCCc2ccco2)c1. The van der Waals surface area contributed by atoms with E-state index in [-0.39, 0.29) is 10.8 Å². The number of furan rings is 1. The highest BCUT2D eigenvalue weighted by molar-refractivity contribution is 7.92. The molecule has 7 heteroatoms. The van der Waals surface area contributed by atoms with Gasteiger partial charge in [0, 0.05) is 18.5 Å². The Morgan fingerprint density at radius 3 is 2.61 bits per heavy atom. The van der Waals surface area contributed by atoms with Crippen LogP contribution in [-0.2, 0) is 16.4 Å². The maximum atomic E-state index is 12.7. The Morgan fingerprint density at radius 2 is 1.86 bits per heavy atom. The lowest BCUT2D eigenvalue weighted by Crippen LogP contribution is -2.25. The Balaban J connectivity index is 1.63. The van der Waals surface area contributed by atoms with Gasteiger partial charge < -0.3 is 9.73 Å². The molecule has 0 fully saturated rings. The van der Waals surface area contributed by atoms with Gasteiger partial charge >= 0.3 is 0 Å². The van der Waals surface area contributed by atoms with Gasteiger partial charge in [-0.3, -0.25) is 9.52 Å². The van der Waals surface area contributed by atoms with Gasteiger partial charge in [-0.25, -0.2) is 8.42 Å². The molecule has 146 valence electrons. The summed E-state index contributed by atoms with van der Waals surface area (Å²) in [4.78, 5) is 12.4. The van der Waals surface area contributed by atoms with Gasteiger partial charge in [0.25, 0.3) is 15.9 Å². The Morgan fingerprint density at radius 1 is 1.04 bits per heavy atom. The predicted octanol–water partition coefficient (Wildman–Crippen LogP) is 3.75. The molecule has 2 N–H and O–H groups in total. The molecule has 1 heterocycles. The number of hydrogen-bond acceptors (Lipinski definition) is 4. The summed E-state index contributed by atoms with van der Waals surface area (Å²) in [5.41, 5.74) is 1.62. The number of para-hydroxylation sites is 1. The lowest BCUT2D eigenvalue weighted by Gasteiger charge is -2.11. The summed E-state index contributed by atoms with van der Waals surface area (Å²) in [5.74, 6) is 0.553. The van der Waals surface area contributed by atoms with E-state index in [9.17, 15) is 13.2 Å². The van der Waals surface area contributed by atoms with Crippen LogP contribution < -0.4 is 10.0 Å². The Labute approximate surface area is 164 Å². The van der Waals surface area contributed by atoms with Crippen molar-refractivity contribution in [1.29, 1.82) is 0 Å². The smallest absolute Gasteiger partial charge is 0.261 e. The van der Waals surface area contributed by atoms with Crippen molar-refractivity contribution in [3.63, 3.8) is 0 Å². The largest absolute Gasteiger partial charge is 0.469 e. The number of amides is 1. The van der Waals surface area contributed by atoms with Crippen LogP contribution in [0, 0.1) is 6.92 Å². The van der Waals surface area contributed by atoms with E-state index >= 15 is 0 Å². The summed E-state index contributed by atoms with van der Waals surface area (Å²) in [7, 11) is -3.79. The summed E-state index contributed by atoms with van der Waals surface area (Å²) in [5, 5.41) is 2.80. The number of anilines is 1. The van der Waals surface area contributed by atoms with Crippen LogP contribution in [0.1, 0.15) is 28.1 Å². The summed E-state index contributed by atoms with van der Waals surface area (Å²) >= 11 is 0. The van der Waals surface area contributed by atoms with E-state index in [0.29, 0.717) is 17.8 Å². The maximum Gasteiger partial charge on any atom is 0.261 e. The standard InChI is InChI=1S/C21H22N2O4S/c1-16-7-2-3-12-20(16)23-28(25,26)19-11-4-8-17(15-19)21(24)22-13-5-9-18-10-6-14-27-18/h2-4,6-8,10-12,14-15,23H,5,9,13H2,1H3,(H,22,24). The molecule has 3 aromatic rings. The number of carbonyl (C=O) groups is 1. The monoisotopic (exact) mass is 398 g/mol. The Kier molecular flexibility index (Phi) is 6.16. The molecule has 1 aromatic heterocycles. The molecule has 3 rings (SSSR count). The van der Waals surface area contributed by atoms with Crippen molar-refractivity contribution in [3.05, 3.63) is 83.8 Å². The molecule has 0 spiro atoms. The average molecular weight is 398 g/mol. The first-order valence-corrected chi connectivity index (χ1v) is 10.4. The number of benzene rings is 2. The maximum absolute atomic E-state index is 12.7. The van der Waals surface area contributed by atoms with Crippen LogP contribution in [0.25, 0.3) is 0 Å². The zero-order chi connectivity index (χ0) is 20.0. The van der Waals surface area contributed by atoms with Gasteiger partial charge in [-0.15, -0.1) is 0 Å². The van der Waals surface area contributed by atoms with Crippen LogP contribution in [-0.4, -0.2) is 20.9 Å². The van der Waals surface area contributed by atoms with Gasteiger partial charge in [-0.05, 0) is 55.3 Å². The second kappa shape index (κ2) is 8.75. The first-order valence-electron chi connectivity index (χ1n) is 8.95. The molecule has 0 radical (unpaired) electrons. The first-order chi connectivity index (χ1) is 13.5. The molecule has 0 atom stereocenters. The second-order valence-electron chi connectivity index (χ2n) is 6.39. The molecule has 0 unspecified atom stereocenters. The highest BCUT2D eigenvalue weighted by atomic mass is 32.2. The van der Waals surface area contributed by atoms with E-state index < -0.39 is 10.0 Å². The van der Waals surface area contributed by atoms with E-state index in [1.54, 1.807) is 30.5 Å². The van der Waals surface area contributed by atoms with E-state index in [1.807, 2.05) is 31.2 Å². The highest BCUT2D eigenvalue weighted by Crippen LogP contribution is 2.20. The van der Waals surface area contributed by atoms with Crippen molar-refractivity contribution in [2.75, 3.05) is 11.3 Å². The molecule has 6 nitrogen and oxygen atoms in total. The van der Waals surface area contributed by atoms with Gasteiger partial charge in [0.1, 0.15) is 5.76 Å². The lowest BCUT2D eigenvalue weighted by atomic mass is 10.2. The van der Waals surface area contributed by atoms with Gasteiger partial charge in [0.2, 0.25) is 0 Å². The minimum Gasteiger partial charge on any atom is -0.469 e. The van der Waals surface area contributed by atoms with Gasteiger partial charge in [0.15, 0.2) is 0 Å². The summed E-state index contributed by atoms with van der Waals surface area (Å²) in [6.07, 6.45) is 3.07. The van der Waals surface area contributed by atoms with Crippen LogP contribution in [0.15, 0.2) is 76.2 Å². The lowest BCUT2D eigenvalue weighted by molar-refractivity contribution is 0.0953. The van der Waals surface area contributed by atoms with Crippen LogP contribution in [0.4, 0.5) is 5.69 Å². The molecular formula is C21H22N2O4S. The molecule has 0 aliphatic carbocycles. The molecule has 1 amide bonds. The number of nitrogens with one attached hydrogen (secondary N) is 2. The quantitative estimate of drug-likeness (QED) is 0.566. The van der Waals surface area contributed by atoms with Gasteiger partial charge in [-0.2, -0.15) is 0 Å². The van der Waals surface area contributed by atoms with Crippen molar-refractivity contribution in [2.45, 2.75) is 24.7 Å². The summed E-state index contributed by atoms with van der Waals surface area (Å²) in [6, 6.07) is 16.8. The Bertz CT molecular complexity index is 1040. The van der Waals surface area contributed by atoms with E-state index in [2.05, 4.69) is 10.0 Å². The molecule has 0 saturated heterocycles. The molecule has 0 bridgehead atoms. The number of sulfonamides is 1. The minimum absolute atomic E-state index is 0.0407. The van der Waals surface area contributed by atoms with Crippen molar-refractivity contribution in [3.8, 4) is 0 Å². The van der Waals surface area contributed by atoms with Crippen LogP contribution >= 0.6 is 0 Å². The summed E-state index contributed by atoms with van der Waals surface area (Å²) < 4.78 is 33.2. The van der Waals surface area contributed by atoms with Crippen molar-refractivity contribution < 1.29 is 17.6 Å².